The number of piperidine rings is 2. The predicted octanol–water partition coefficient (Wildman–Crippen LogP) is 4.55. The monoisotopic (exact) mass is 547 g/mol. The number of ether oxygens (including phenoxy) is 1. The van der Waals surface area contributed by atoms with Gasteiger partial charge in [-0.3, -0.25) is 9.52 Å². The first-order valence-electron chi connectivity index (χ1n) is 13.3. The number of nitrogens with one attached hydrogen (secondary N) is 2. The second-order valence-electron chi connectivity index (χ2n) is 10.3. The van der Waals surface area contributed by atoms with E-state index in [9.17, 15) is 13.6 Å². The fourth-order valence-corrected chi connectivity index (χ4v) is 5.89. The Morgan fingerprint density at radius 2 is 1.87 bits per heavy atom. The highest BCUT2D eigenvalue weighted by Crippen LogP contribution is 2.54. The molecular weight excluding hydrogens is 512 g/mol. The van der Waals surface area contributed by atoms with Crippen molar-refractivity contribution in [2.75, 3.05) is 61.3 Å². The van der Waals surface area contributed by atoms with Gasteiger partial charge in [0.1, 0.15) is 11.9 Å². The van der Waals surface area contributed by atoms with Crippen LogP contribution in [0.5, 0.6) is 5.75 Å². The summed E-state index contributed by atoms with van der Waals surface area (Å²) in [5, 5.41) is 12.1. The number of carbonyl (C=O) groups is 1. The molecule has 0 unspecified atom stereocenters. The maximum absolute atomic E-state index is 13.7. The first-order chi connectivity index (χ1) is 18.5. The molecule has 0 radical (unpaired) electrons. The Labute approximate surface area is 226 Å². The van der Waals surface area contributed by atoms with Crippen molar-refractivity contribution in [3.8, 4) is 5.75 Å². The zero-order chi connectivity index (χ0) is 26.5. The van der Waals surface area contributed by atoms with Crippen LogP contribution in [0, 0.1) is 5.41 Å². The molecule has 2 aliphatic heterocycles. The van der Waals surface area contributed by atoms with Crippen molar-refractivity contribution < 1.29 is 23.4 Å². The largest absolute Gasteiger partial charge is 0.459 e. The molecule has 3 N–H and O–H groups in total. The number of nitrogens with zero attached hydrogens (tertiary/aromatic N) is 3. The summed E-state index contributed by atoms with van der Waals surface area (Å²) >= 11 is 1.44. The van der Waals surface area contributed by atoms with E-state index in [2.05, 4.69) is 26.0 Å². The van der Waals surface area contributed by atoms with Gasteiger partial charge in [-0.25, -0.2) is 13.8 Å². The van der Waals surface area contributed by atoms with Crippen molar-refractivity contribution in [1.82, 2.24) is 9.71 Å². The molecule has 2 aromatic rings. The molecule has 8 nitrogen and oxygen atoms in total. The Hall–Kier alpha value is -2.63. The van der Waals surface area contributed by atoms with E-state index in [0.717, 1.165) is 36.5 Å². The Morgan fingerprint density at radius 3 is 2.55 bits per heavy atom. The maximum Gasteiger partial charge on any atom is 0.274 e. The summed E-state index contributed by atoms with van der Waals surface area (Å²) in [6.45, 7) is 2.23. The quantitative estimate of drug-likeness (QED) is 0.295. The number of pyridine rings is 1. The molecule has 1 saturated carbocycles. The highest BCUT2D eigenvalue weighted by Gasteiger charge is 2.44. The number of rotatable bonds is 10. The third-order valence-electron chi connectivity index (χ3n) is 7.75. The molecule has 1 aliphatic carbocycles. The molecule has 1 aromatic carbocycles. The van der Waals surface area contributed by atoms with Crippen LogP contribution < -0.4 is 24.6 Å². The minimum Gasteiger partial charge on any atom is -0.459 e. The molecule has 3 heterocycles. The van der Waals surface area contributed by atoms with Crippen molar-refractivity contribution in [2.45, 2.75) is 49.6 Å². The summed E-state index contributed by atoms with van der Waals surface area (Å²) < 4.78 is 35.0. The van der Waals surface area contributed by atoms with E-state index in [-0.39, 0.29) is 24.0 Å². The van der Waals surface area contributed by atoms with Gasteiger partial charge in [0.15, 0.2) is 11.6 Å². The van der Waals surface area contributed by atoms with E-state index in [0.29, 0.717) is 49.4 Å². The Morgan fingerprint density at radius 1 is 1.11 bits per heavy atom. The van der Waals surface area contributed by atoms with Crippen LogP contribution in [-0.4, -0.2) is 68.4 Å². The number of anilines is 3. The number of amides is 1. The lowest BCUT2D eigenvalue weighted by Gasteiger charge is -2.35. The number of benzene rings is 1. The molecule has 206 valence electrons. The molecule has 3 fully saturated rings. The summed E-state index contributed by atoms with van der Waals surface area (Å²) in [6, 6.07) is 8.95. The van der Waals surface area contributed by atoms with Crippen LogP contribution in [0.15, 0.2) is 35.2 Å². The zero-order valence-corrected chi connectivity index (χ0v) is 22.2. The lowest BCUT2D eigenvalue weighted by Crippen LogP contribution is -2.35. The second-order valence-corrected chi connectivity index (χ2v) is 11.2. The molecule has 2 saturated heterocycles. The zero-order valence-electron chi connectivity index (χ0n) is 21.4. The first-order valence-corrected chi connectivity index (χ1v) is 14.1. The molecule has 38 heavy (non-hydrogen) atoms. The van der Waals surface area contributed by atoms with Crippen LogP contribution >= 0.6 is 11.9 Å². The SMILES string of the molecule is O=C(Nc1ccc(SNCCO)cc1N1CCC2(CC1)CC2)c1ccc(OCF)c(N2CCC(F)CC2)n1. The van der Waals surface area contributed by atoms with Crippen LogP contribution in [-0.2, 0) is 0 Å². The molecule has 1 spiro atoms. The number of hydrogen-bond donors (Lipinski definition) is 3. The van der Waals surface area contributed by atoms with Crippen molar-refractivity contribution >= 4 is 35.0 Å². The van der Waals surface area contributed by atoms with Gasteiger partial charge in [-0.05, 0) is 86.2 Å². The number of aliphatic hydroxyl groups is 1. The van der Waals surface area contributed by atoms with Gasteiger partial charge in [-0.15, -0.1) is 0 Å². The molecule has 11 heteroatoms. The van der Waals surface area contributed by atoms with Crippen molar-refractivity contribution in [2.24, 2.45) is 5.41 Å². The van der Waals surface area contributed by atoms with E-state index in [4.69, 9.17) is 9.84 Å². The number of halogens is 2. The summed E-state index contributed by atoms with van der Waals surface area (Å²) in [6.07, 6.45) is 4.76. The minimum absolute atomic E-state index is 0.0537. The van der Waals surface area contributed by atoms with Gasteiger partial charge < -0.3 is 25.0 Å². The third kappa shape index (κ3) is 6.32. The molecular formula is C27H35F2N5O3S. The average Bonchev–Trinajstić information content (AvgIpc) is 3.69. The summed E-state index contributed by atoms with van der Waals surface area (Å²) in [4.78, 5) is 23.1. The van der Waals surface area contributed by atoms with Crippen LogP contribution in [0.3, 0.4) is 0 Å². The Balaban J connectivity index is 1.37. The van der Waals surface area contributed by atoms with E-state index in [1.807, 2.05) is 17.0 Å². The minimum atomic E-state index is -1.02. The topological polar surface area (TPSA) is 90.0 Å². The number of carbonyl (C=O) groups excluding carboxylic acids is 1. The van der Waals surface area contributed by atoms with E-state index < -0.39 is 13.0 Å². The van der Waals surface area contributed by atoms with Gasteiger partial charge in [0.2, 0.25) is 6.86 Å². The van der Waals surface area contributed by atoms with Gasteiger partial charge >= 0.3 is 0 Å². The standard InChI is InChI=1S/C27H35F2N5O3S/c28-18-37-24-4-3-22(31-25(24)34-12-5-19(29)6-13-34)26(36)32-21-2-1-20(38-30-11-16-35)17-23(21)33-14-9-27(7-8-27)10-15-33/h1-4,17,19,30,35H,5-16,18H2,(H,32,36). The van der Waals surface area contributed by atoms with Gasteiger partial charge in [0.25, 0.3) is 5.91 Å². The molecule has 0 atom stereocenters. The fourth-order valence-electron chi connectivity index (χ4n) is 5.23. The third-order valence-corrected chi connectivity index (χ3v) is 8.59. The maximum atomic E-state index is 13.7. The highest BCUT2D eigenvalue weighted by molar-refractivity contribution is 7.97. The van der Waals surface area contributed by atoms with Crippen LogP contribution in [0.1, 0.15) is 49.0 Å². The van der Waals surface area contributed by atoms with Crippen molar-refractivity contribution in [3.05, 3.63) is 36.0 Å². The highest BCUT2D eigenvalue weighted by atomic mass is 32.2. The van der Waals surface area contributed by atoms with Crippen molar-refractivity contribution in [3.63, 3.8) is 0 Å². The smallest absolute Gasteiger partial charge is 0.274 e. The Bertz CT molecular complexity index is 1120. The summed E-state index contributed by atoms with van der Waals surface area (Å²) in [5.41, 5.74) is 2.35. The normalized spacial score (nSPS) is 19.0. The fraction of sp³-hybridized carbons (Fsp3) is 0.556. The second kappa shape index (κ2) is 12.0. The predicted molar refractivity (Wildman–Crippen MR) is 146 cm³/mol. The first kappa shape index (κ1) is 27.0. The van der Waals surface area contributed by atoms with Gasteiger partial charge in [-0.2, -0.15) is 0 Å². The van der Waals surface area contributed by atoms with Crippen LogP contribution in [0.4, 0.5) is 26.0 Å². The molecule has 1 aromatic heterocycles. The number of hydrogen-bond acceptors (Lipinski definition) is 8. The number of alkyl halides is 2. The number of aliphatic hydroxyl groups excluding tert-OH is 1. The summed E-state index contributed by atoms with van der Waals surface area (Å²) in [7, 11) is 0. The lowest BCUT2D eigenvalue weighted by atomic mass is 9.93. The van der Waals surface area contributed by atoms with E-state index in [1.165, 1.54) is 30.9 Å². The molecule has 1 amide bonds. The van der Waals surface area contributed by atoms with Crippen LogP contribution in [0.2, 0.25) is 0 Å². The molecule has 0 bridgehead atoms. The summed E-state index contributed by atoms with van der Waals surface area (Å²) in [5.74, 6) is 0.213. The molecule has 5 rings (SSSR count). The molecule has 3 aliphatic rings. The van der Waals surface area contributed by atoms with Crippen molar-refractivity contribution in [1.29, 1.82) is 0 Å². The van der Waals surface area contributed by atoms with Crippen LogP contribution in [0.25, 0.3) is 0 Å². The average molecular weight is 548 g/mol. The van der Waals surface area contributed by atoms with Gasteiger partial charge in [-0.1, -0.05) is 0 Å². The van der Waals surface area contributed by atoms with E-state index in [1.54, 1.807) is 6.07 Å². The van der Waals surface area contributed by atoms with E-state index >= 15 is 0 Å². The van der Waals surface area contributed by atoms with Gasteiger partial charge in [0.05, 0.1) is 18.0 Å². The number of aromatic nitrogens is 1. The lowest BCUT2D eigenvalue weighted by molar-refractivity contribution is 0.102. The Kier molecular flexibility index (Phi) is 8.54. The van der Waals surface area contributed by atoms with Gasteiger partial charge in [0, 0.05) is 37.6 Å².